The van der Waals surface area contributed by atoms with Gasteiger partial charge in [-0.05, 0) is 70.6 Å². The Morgan fingerprint density at radius 1 is 0.444 bits per heavy atom. The molecule has 5 heteroatoms. The van der Waals surface area contributed by atoms with Gasteiger partial charge in [0.15, 0.2) is 6.10 Å². The molecule has 0 aromatic carbocycles. The molecule has 0 aromatic heterocycles. The number of ether oxygens (including phenoxy) is 2. The van der Waals surface area contributed by atoms with Gasteiger partial charge in [0.25, 0.3) is 0 Å². The van der Waals surface area contributed by atoms with E-state index < -0.39 is 6.10 Å². The standard InChI is InChI=1S/C49H82O5/c1-3-5-7-9-11-12-13-14-15-16-17-18-19-20-21-22-23-24-25-26-27-28-29-30-31-32-33-34-35-36-38-40-42-44-49(52)54-47(45-50)46-53-48(51)43-41-39-37-10-8-6-4-2/h5,7,11-12,14-15,17-18,20-21,23-24,26-27,47,50H,3-4,6,8-10,13,16,19,22,25,28-46H2,1-2H3/b7-5-,12-11-,15-14-,18-17-,21-20-,24-23-,27-26-. The smallest absolute Gasteiger partial charge is 0.306 e. The minimum absolute atomic E-state index is 0.0691. The van der Waals surface area contributed by atoms with E-state index >= 15 is 0 Å². The molecule has 0 heterocycles. The number of rotatable bonds is 39. The second-order valence-corrected chi connectivity index (χ2v) is 14.4. The molecule has 0 rings (SSSR count). The molecule has 0 saturated carbocycles. The molecule has 0 bridgehead atoms. The van der Waals surface area contributed by atoms with Crippen molar-refractivity contribution in [2.75, 3.05) is 13.2 Å². The fourth-order valence-electron chi connectivity index (χ4n) is 5.89. The molecule has 1 N–H and O–H groups in total. The topological polar surface area (TPSA) is 72.8 Å². The maximum atomic E-state index is 12.2. The van der Waals surface area contributed by atoms with Crippen molar-refractivity contribution >= 4 is 11.9 Å². The zero-order valence-electron chi connectivity index (χ0n) is 35.0. The molecule has 0 aliphatic carbocycles. The predicted octanol–water partition coefficient (Wildman–Crippen LogP) is 14.3. The summed E-state index contributed by atoms with van der Waals surface area (Å²) in [6, 6.07) is 0. The Labute approximate surface area is 333 Å². The van der Waals surface area contributed by atoms with Crippen LogP contribution in [0.25, 0.3) is 0 Å². The first kappa shape index (κ1) is 51.1. The third-order valence-corrected chi connectivity index (χ3v) is 9.20. The summed E-state index contributed by atoms with van der Waals surface area (Å²) in [5.74, 6) is -0.605. The summed E-state index contributed by atoms with van der Waals surface area (Å²) < 4.78 is 10.5. The van der Waals surface area contributed by atoms with Crippen LogP contribution in [0, 0.1) is 0 Å². The van der Waals surface area contributed by atoms with Gasteiger partial charge in [0.1, 0.15) is 6.61 Å². The second kappa shape index (κ2) is 44.5. The summed E-state index contributed by atoms with van der Waals surface area (Å²) in [4.78, 5) is 24.1. The molecule has 0 aliphatic rings. The summed E-state index contributed by atoms with van der Waals surface area (Å²) in [7, 11) is 0. The van der Waals surface area contributed by atoms with Crippen LogP contribution in [0.1, 0.15) is 194 Å². The highest BCUT2D eigenvalue weighted by molar-refractivity contribution is 5.70. The average molecular weight is 751 g/mol. The Hall–Kier alpha value is -2.92. The highest BCUT2D eigenvalue weighted by atomic mass is 16.6. The zero-order chi connectivity index (χ0) is 39.3. The number of esters is 2. The molecule has 1 atom stereocenters. The van der Waals surface area contributed by atoms with Crippen molar-refractivity contribution in [3.8, 4) is 0 Å². The Balaban J connectivity index is 3.53. The van der Waals surface area contributed by atoms with Crippen LogP contribution in [-0.4, -0.2) is 36.4 Å². The number of aliphatic hydroxyl groups excluding tert-OH is 1. The van der Waals surface area contributed by atoms with E-state index in [1.54, 1.807) is 0 Å². The van der Waals surface area contributed by atoms with Gasteiger partial charge < -0.3 is 14.6 Å². The highest BCUT2D eigenvalue weighted by Crippen LogP contribution is 2.14. The van der Waals surface area contributed by atoms with E-state index in [0.29, 0.717) is 12.8 Å². The van der Waals surface area contributed by atoms with E-state index in [9.17, 15) is 14.7 Å². The van der Waals surface area contributed by atoms with Crippen LogP contribution in [0.3, 0.4) is 0 Å². The quantitative estimate of drug-likeness (QED) is 0.0385. The molecule has 0 aromatic rings. The number of hydrogen-bond donors (Lipinski definition) is 1. The molecule has 0 aliphatic heterocycles. The first-order chi connectivity index (χ1) is 26.6. The van der Waals surface area contributed by atoms with Gasteiger partial charge in [-0.1, -0.05) is 195 Å². The largest absolute Gasteiger partial charge is 0.462 e. The van der Waals surface area contributed by atoms with Crippen LogP contribution in [0.15, 0.2) is 85.1 Å². The van der Waals surface area contributed by atoms with Crippen LogP contribution in [0.2, 0.25) is 0 Å². The summed E-state index contributed by atoms with van der Waals surface area (Å²) >= 11 is 0. The maximum Gasteiger partial charge on any atom is 0.306 e. The third-order valence-electron chi connectivity index (χ3n) is 9.20. The van der Waals surface area contributed by atoms with Crippen molar-refractivity contribution in [1.29, 1.82) is 0 Å². The van der Waals surface area contributed by atoms with Gasteiger partial charge in [0, 0.05) is 12.8 Å². The van der Waals surface area contributed by atoms with E-state index in [-0.39, 0.29) is 25.2 Å². The van der Waals surface area contributed by atoms with Crippen LogP contribution >= 0.6 is 0 Å². The predicted molar refractivity (Wildman–Crippen MR) is 233 cm³/mol. The van der Waals surface area contributed by atoms with Crippen molar-refractivity contribution in [1.82, 2.24) is 0 Å². The second-order valence-electron chi connectivity index (χ2n) is 14.4. The highest BCUT2D eigenvalue weighted by Gasteiger charge is 2.16. The van der Waals surface area contributed by atoms with E-state index in [2.05, 4.69) is 98.9 Å². The lowest BCUT2D eigenvalue weighted by atomic mass is 10.0. The minimum Gasteiger partial charge on any atom is -0.462 e. The lowest BCUT2D eigenvalue weighted by Gasteiger charge is -2.15. The molecule has 0 saturated heterocycles. The molecule has 0 amide bonds. The van der Waals surface area contributed by atoms with E-state index in [4.69, 9.17) is 9.47 Å². The number of carbonyl (C=O) groups excluding carboxylic acids is 2. The van der Waals surface area contributed by atoms with Gasteiger partial charge in [0.05, 0.1) is 6.61 Å². The molecular weight excluding hydrogens is 669 g/mol. The number of carbonyl (C=O) groups is 2. The lowest BCUT2D eigenvalue weighted by Crippen LogP contribution is -2.28. The SMILES string of the molecule is CC/C=C\C/C=C\C/C=C\C/C=C\C/C=C\C/C=C\C/C=C\CCCCCCCCCCCCCC(=O)OC(CO)COC(=O)CCCCCCCCC. The van der Waals surface area contributed by atoms with Crippen molar-refractivity contribution in [2.45, 2.75) is 200 Å². The number of hydrogen-bond acceptors (Lipinski definition) is 5. The number of allylic oxidation sites excluding steroid dienone is 14. The minimum atomic E-state index is -0.772. The summed E-state index contributed by atoms with van der Waals surface area (Å²) in [6.45, 7) is 3.96. The summed E-state index contributed by atoms with van der Waals surface area (Å²) in [6.07, 6.45) is 61.1. The molecule has 1 unspecified atom stereocenters. The van der Waals surface area contributed by atoms with E-state index in [1.807, 2.05) is 0 Å². The number of unbranched alkanes of at least 4 members (excludes halogenated alkanes) is 17. The molecule has 5 nitrogen and oxygen atoms in total. The third kappa shape index (κ3) is 41.8. The van der Waals surface area contributed by atoms with Crippen molar-refractivity contribution in [3.63, 3.8) is 0 Å². The first-order valence-corrected chi connectivity index (χ1v) is 22.1. The molecule has 0 fully saturated rings. The maximum absolute atomic E-state index is 12.2. The van der Waals surface area contributed by atoms with Gasteiger partial charge in [-0.3, -0.25) is 9.59 Å². The molecule has 0 radical (unpaired) electrons. The van der Waals surface area contributed by atoms with Gasteiger partial charge in [0.2, 0.25) is 0 Å². The van der Waals surface area contributed by atoms with Crippen LogP contribution in [0.4, 0.5) is 0 Å². The normalized spacial score (nSPS) is 13.0. The molecule has 54 heavy (non-hydrogen) atoms. The lowest BCUT2D eigenvalue weighted by molar-refractivity contribution is -0.161. The van der Waals surface area contributed by atoms with Crippen molar-refractivity contribution in [2.24, 2.45) is 0 Å². The Morgan fingerprint density at radius 2 is 0.796 bits per heavy atom. The van der Waals surface area contributed by atoms with Crippen LogP contribution in [0.5, 0.6) is 0 Å². The average Bonchev–Trinajstić information content (AvgIpc) is 3.17. The Morgan fingerprint density at radius 3 is 1.20 bits per heavy atom. The van der Waals surface area contributed by atoms with Gasteiger partial charge in [-0.2, -0.15) is 0 Å². The first-order valence-electron chi connectivity index (χ1n) is 22.1. The van der Waals surface area contributed by atoms with Crippen molar-refractivity contribution in [3.05, 3.63) is 85.1 Å². The Bertz CT molecular complexity index is 1030. The number of aliphatic hydroxyl groups is 1. The monoisotopic (exact) mass is 751 g/mol. The summed E-state index contributed by atoms with van der Waals surface area (Å²) in [5.41, 5.74) is 0. The van der Waals surface area contributed by atoms with Gasteiger partial charge >= 0.3 is 11.9 Å². The zero-order valence-corrected chi connectivity index (χ0v) is 35.0. The van der Waals surface area contributed by atoms with E-state index in [1.165, 1.54) is 83.5 Å². The molecule has 0 spiro atoms. The van der Waals surface area contributed by atoms with Crippen molar-refractivity contribution < 1.29 is 24.2 Å². The molecular formula is C49H82O5. The van der Waals surface area contributed by atoms with Gasteiger partial charge in [-0.25, -0.2) is 0 Å². The van der Waals surface area contributed by atoms with Crippen LogP contribution < -0.4 is 0 Å². The summed E-state index contributed by atoms with van der Waals surface area (Å²) in [5, 5.41) is 9.52. The fourth-order valence-corrected chi connectivity index (χ4v) is 5.89. The van der Waals surface area contributed by atoms with Gasteiger partial charge in [-0.15, -0.1) is 0 Å². The Kier molecular flexibility index (Phi) is 42.1. The molecule has 308 valence electrons. The van der Waals surface area contributed by atoms with Crippen LogP contribution in [-0.2, 0) is 19.1 Å². The van der Waals surface area contributed by atoms with E-state index in [0.717, 1.165) is 83.5 Å². The fraction of sp³-hybridized carbons (Fsp3) is 0.673.